The van der Waals surface area contributed by atoms with Crippen LogP contribution in [0.5, 0.6) is 0 Å². The number of likely N-dealkylation sites (N-methyl/N-ethyl adjacent to an activating group) is 1. The Hall–Kier alpha value is -1.96. The highest BCUT2D eigenvalue weighted by Crippen LogP contribution is 2.15. The Balaban J connectivity index is 1.55. The van der Waals surface area contributed by atoms with E-state index in [9.17, 15) is 0 Å². The second-order valence-electron chi connectivity index (χ2n) is 7.72. The van der Waals surface area contributed by atoms with Gasteiger partial charge in [-0.1, -0.05) is 31.2 Å². The average Bonchev–Trinajstić information content (AvgIpc) is 3.18. The van der Waals surface area contributed by atoms with Crippen LogP contribution >= 0.6 is 11.3 Å². The Morgan fingerprint density at radius 2 is 1.80 bits per heavy atom. The van der Waals surface area contributed by atoms with E-state index in [1.165, 1.54) is 34.1 Å². The summed E-state index contributed by atoms with van der Waals surface area (Å²) in [6, 6.07) is 8.73. The number of piperazine rings is 1. The van der Waals surface area contributed by atoms with Gasteiger partial charge in [0.1, 0.15) is 0 Å². The lowest BCUT2D eigenvalue weighted by molar-refractivity contribution is 0.131. The summed E-state index contributed by atoms with van der Waals surface area (Å²) in [7, 11) is 0. The van der Waals surface area contributed by atoms with Crippen LogP contribution in [0.2, 0.25) is 0 Å². The Morgan fingerprint density at radius 1 is 1.07 bits per heavy atom. The first-order chi connectivity index (χ1) is 14.7. The van der Waals surface area contributed by atoms with Gasteiger partial charge in [0.25, 0.3) is 0 Å². The van der Waals surface area contributed by atoms with Crippen LogP contribution in [-0.4, -0.2) is 66.6 Å². The van der Waals surface area contributed by atoms with Crippen molar-refractivity contribution in [2.24, 2.45) is 4.99 Å². The molecule has 0 radical (unpaired) electrons. The molecule has 1 aliphatic heterocycles. The molecule has 1 fully saturated rings. The number of aromatic nitrogens is 1. The van der Waals surface area contributed by atoms with E-state index < -0.39 is 0 Å². The van der Waals surface area contributed by atoms with E-state index in [1.54, 1.807) is 11.3 Å². The molecule has 1 aromatic carbocycles. The van der Waals surface area contributed by atoms with Crippen LogP contribution in [-0.2, 0) is 19.5 Å². The largest absolute Gasteiger partial charge is 0.357 e. The van der Waals surface area contributed by atoms with E-state index in [4.69, 9.17) is 4.99 Å². The zero-order chi connectivity index (χ0) is 21.2. The number of guanidine groups is 1. The SMILES string of the molecule is CCNC(=NCc1ccccc1CN1CCN(CC)CC1)NCCc1ncc(C)s1. The van der Waals surface area contributed by atoms with E-state index in [0.29, 0.717) is 6.54 Å². The molecule has 2 heterocycles. The standard InChI is InChI=1S/C23H36N6S/c1-4-24-23(25-11-10-22-26-16-19(3)30-22)27-17-20-8-6-7-9-21(20)18-29-14-12-28(5-2)13-15-29/h6-9,16H,4-5,10-15,17-18H2,1-3H3,(H2,24,25,27). The van der Waals surface area contributed by atoms with E-state index >= 15 is 0 Å². The van der Waals surface area contributed by atoms with Crippen molar-refractivity contribution >= 4 is 17.3 Å². The van der Waals surface area contributed by atoms with Crippen LogP contribution in [0, 0.1) is 6.92 Å². The van der Waals surface area contributed by atoms with Crippen molar-refractivity contribution in [3.63, 3.8) is 0 Å². The molecule has 1 aliphatic rings. The third kappa shape index (κ3) is 7.07. The van der Waals surface area contributed by atoms with E-state index in [-0.39, 0.29) is 0 Å². The van der Waals surface area contributed by atoms with Gasteiger partial charge in [0, 0.05) is 63.3 Å². The fourth-order valence-electron chi connectivity index (χ4n) is 3.68. The van der Waals surface area contributed by atoms with Crippen molar-refractivity contribution in [3.8, 4) is 0 Å². The van der Waals surface area contributed by atoms with E-state index in [0.717, 1.165) is 51.6 Å². The van der Waals surface area contributed by atoms with E-state index in [1.807, 2.05) is 6.20 Å². The topological polar surface area (TPSA) is 55.8 Å². The number of thiazole rings is 1. The van der Waals surface area contributed by atoms with Crippen molar-refractivity contribution in [1.82, 2.24) is 25.4 Å². The number of aliphatic imine (C=N–C) groups is 1. The summed E-state index contributed by atoms with van der Waals surface area (Å²) < 4.78 is 0. The Morgan fingerprint density at radius 3 is 2.47 bits per heavy atom. The van der Waals surface area contributed by atoms with Crippen LogP contribution in [0.1, 0.15) is 34.9 Å². The summed E-state index contributed by atoms with van der Waals surface area (Å²) in [5, 5.41) is 7.98. The number of aryl methyl sites for hydroxylation is 1. The molecule has 0 saturated carbocycles. The van der Waals surface area contributed by atoms with Crippen LogP contribution < -0.4 is 10.6 Å². The zero-order valence-corrected chi connectivity index (χ0v) is 19.5. The van der Waals surface area contributed by atoms with Gasteiger partial charge in [-0.25, -0.2) is 9.98 Å². The van der Waals surface area contributed by atoms with Crippen LogP contribution in [0.4, 0.5) is 0 Å². The molecule has 0 spiro atoms. The molecule has 0 atom stereocenters. The molecule has 1 saturated heterocycles. The molecule has 0 bridgehead atoms. The minimum atomic E-state index is 0.691. The van der Waals surface area contributed by atoms with Crippen molar-refractivity contribution in [2.75, 3.05) is 45.8 Å². The molecule has 0 aliphatic carbocycles. The predicted octanol–water partition coefficient (Wildman–Crippen LogP) is 2.89. The van der Waals surface area contributed by atoms with Gasteiger partial charge in [-0.05, 0) is 31.5 Å². The summed E-state index contributed by atoms with van der Waals surface area (Å²) >= 11 is 1.76. The lowest BCUT2D eigenvalue weighted by Crippen LogP contribution is -2.45. The number of benzene rings is 1. The van der Waals surface area contributed by atoms with Crippen LogP contribution in [0.25, 0.3) is 0 Å². The van der Waals surface area contributed by atoms with Gasteiger partial charge in [0.05, 0.1) is 11.6 Å². The molecule has 2 aromatic rings. The summed E-state index contributed by atoms with van der Waals surface area (Å²) in [6.07, 6.45) is 2.86. The molecule has 3 rings (SSSR count). The summed E-state index contributed by atoms with van der Waals surface area (Å²) in [5.74, 6) is 0.872. The summed E-state index contributed by atoms with van der Waals surface area (Å²) in [4.78, 5) is 15.6. The molecular weight excluding hydrogens is 392 g/mol. The van der Waals surface area contributed by atoms with Crippen LogP contribution in [0.3, 0.4) is 0 Å². The van der Waals surface area contributed by atoms with Crippen molar-refractivity contribution in [3.05, 3.63) is 51.5 Å². The van der Waals surface area contributed by atoms with Gasteiger partial charge >= 0.3 is 0 Å². The highest BCUT2D eigenvalue weighted by atomic mass is 32.1. The molecule has 164 valence electrons. The number of hydrogen-bond acceptors (Lipinski definition) is 5. The summed E-state index contributed by atoms with van der Waals surface area (Å²) in [5.41, 5.74) is 2.70. The van der Waals surface area contributed by atoms with Crippen LogP contribution in [0.15, 0.2) is 35.5 Å². The maximum atomic E-state index is 4.85. The number of hydrogen-bond donors (Lipinski definition) is 2. The van der Waals surface area contributed by atoms with Gasteiger partial charge in [0.15, 0.2) is 5.96 Å². The van der Waals surface area contributed by atoms with Gasteiger partial charge in [0.2, 0.25) is 0 Å². The Bertz CT molecular complexity index is 794. The first kappa shape index (κ1) is 22.7. The molecule has 6 nitrogen and oxygen atoms in total. The molecule has 1 aromatic heterocycles. The molecule has 0 amide bonds. The van der Waals surface area contributed by atoms with E-state index in [2.05, 4.69) is 70.5 Å². The van der Waals surface area contributed by atoms with Crippen molar-refractivity contribution < 1.29 is 0 Å². The lowest BCUT2D eigenvalue weighted by Gasteiger charge is -2.34. The first-order valence-electron chi connectivity index (χ1n) is 11.1. The Kier molecular flexibility index (Phi) is 9.11. The Labute approximate surface area is 185 Å². The molecule has 7 heteroatoms. The highest BCUT2D eigenvalue weighted by Gasteiger charge is 2.16. The van der Waals surface area contributed by atoms with Gasteiger partial charge < -0.3 is 15.5 Å². The normalized spacial score (nSPS) is 16.0. The average molecular weight is 429 g/mol. The number of nitrogens with one attached hydrogen (secondary N) is 2. The highest BCUT2D eigenvalue weighted by molar-refractivity contribution is 7.11. The molecular formula is C23H36N6S. The fourth-order valence-corrected chi connectivity index (χ4v) is 4.47. The number of rotatable bonds is 9. The zero-order valence-electron chi connectivity index (χ0n) is 18.7. The number of nitrogens with zero attached hydrogens (tertiary/aromatic N) is 4. The summed E-state index contributed by atoms with van der Waals surface area (Å²) in [6.45, 7) is 15.6. The lowest BCUT2D eigenvalue weighted by atomic mass is 10.1. The monoisotopic (exact) mass is 428 g/mol. The quantitative estimate of drug-likeness (QED) is 0.475. The molecule has 2 N–H and O–H groups in total. The van der Waals surface area contributed by atoms with Gasteiger partial charge in [-0.3, -0.25) is 4.90 Å². The minimum Gasteiger partial charge on any atom is -0.357 e. The third-order valence-electron chi connectivity index (χ3n) is 5.48. The second-order valence-corrected chi connectivity index (χ2v) is 9.04. The van der Waals surface area contributed by atoms with Crippen molar-refractivity contribution in [1.29, 1.82) is 0 Å². The second kappa shape index (κ2) is 12.0. The maximum Gasteiger partial charge on any atom is 0.191 e. The third-order valence-corrected chi connectivity index (χ3v) is 6.45. The molecule has 0 unspecified atom stereocenters. The predicted molar refractivity (Wildman–Crippen MR) is 127 cm³/mol. The minimum absolute atomic E-state index is 0.691. The van der Waals surface area contributed by atoms with Gasteiger partial charge in [-0.2, -0.15) is 0 Å². The van der Waals surface area contributed by atoms with Crippen molar-refractivity contribution in [2.45, 2.75) is 40.3 Å². The first-order valence-corrected chi connectivity index (χ1v) is 11.9. The fraction of sp³-hybridized carbons (Fsp3) is 0.565. The van der Waals surface area contributed by atoms with Gasteiger partial charge in [-0.15, -0.1) is 11.3 Å². The smallest absolute Gasteiger partial charge is 0.191 e. The maximum absolute atomic E-state index is 4.85. The molecule has 30 heavy (non-hydrogen) atoms.